The van der Waals surface area contributed by atoms with Crippen molar-refractivity contribution in [3.05, 3.63) is 11.8 Å². The highest BCUT2D eigenvalue weighted by Gasteiger charge is 2.20. The SMILES string of the molecule is COC(=O)/C=C(\C)N[C@@H](C(=O)O)C(C)C. The maximum Gasteiger partial charge on any atom is 0.332 e. The van der Waals surface area contributed by atoms with Crippen molar-refractivity contribution in [3.63, 3.8) is 0 Å². The molecule has 0 saturated heterocycles. The van der Waals surface area contributed by atoms with Crippen LogP contribution in [0, 0.1) is 5.92 Å². The molecule has 0 bridgehead atoms. The lowest BCUT2D eigenvalue weighted by Gasteiger charge is -2.19. The van der Waals surface area contributed by atoms with E-state index in [-0.39, 0.29) is 5.92 Å². The van der Waals surface area contributed by atoms with Crippen molar-refractivity contribution in [1.82, 2.24) is 5.32 Å². The third-order valence-electron chi connectivity index (χ3n) is 1.85. The van der Waals surface area contributed by atoms with Crippen molar-refractivity contribution in [2.24, 2.45) is 5.92 Å². The van der Waals surface area contributed by atoms with Crippen molar-refractivity contribution < 1.29 is 19.4 Å². The maximum absolute atomic E-state index is 10.9. The summed E-state index contributed by atoms with van der Waals surface area (Å²) in [6.45, 7) is 5.20. The number of aliphatic carboxylic acids is 1. The van der Waals surface area contributed by atoms with Gasteiger partial charge in [0.1, 0.15) is 6.04 Å². The standard InChI is InChI=1S/C10H17NO4/c1-6(2)9(10(13)14)11-7(3)5-8(12)15-4/h5-6,9,11H,1-4H3,(H,13,14)/b7-5+/t9-/m1/s1. The number of nitrogens with one attached hydrogen (secondary N) is 1. The van der Waals surface area contributed by atoms with Crippen molar-refractivity contribution >= 4 is 11.9 Å². The van der Waals surface area contributed by atoms with Crippen LogP contribution in [0.3, 0.4) is 0 Å². The van der Waals surface area contributed by atoms with Crippen LogP contribution in [0.1, 0.15) is 20.8 Å². The zero-order valence-corrected chi connectivity index (χ0v) is 9.40. The van der Waals surface area contributed by atoms with E-state index in [4.69, 9.17) is 5.11 Å². The molecule has 2 N–H and O–H groups in total. The summed E-state index contributed by atoms with van der Waals surface area (Å²) in [4.78, 5) is 21.7. The molecule has 5 heteroatoms. The number of carbonyl (C=O) groups is 2. The van der Waals surface area contributed by atoms with E-state index in [9.17, 15) is 9.59 Å². The first-order valence-electron chi connectivity index (χ1n) is 4.64. The van der Waals surface area contributed by atoms with E-state index < -0.39 is 18.0 Å². The highest BCUT2D eigenvalue weighted by molar-refractivity contribution is 5.82. The van der Waals surface area contributed by atoms with Gasteiger partial charge in [0.05, 0.1) is 7.11 Å². The zero-order chi connectivity index (χ0) is 12.0. The highest BCUT2D eigenvalue weighted by Crippen LogP contribution is 2.04. The Hall–Kier alpha value is -1.52. The van der Waals surface area contributed by atoms with Gasteiger partial charge >= 0.3 is 11.9 Å². The molecule has 1 atom stereocenters. The number of allylic oxidation sites excluding steroid dienone is 1. The number of rotatable bonds is 5. The molecule has 86 valence electrons. The zero-order valence-electron chi connectivity index (χ0n) is 9.40. The lowest BCUT2D eigenvalue weighted by Crippen LogP contribution is -2.40. The average molecular weight is 215 g/mol. The topological polar surface area (TPSA) is 75.6 Å². The molecular formula is C10H17NO4. The Kier molecular flexibility index (Phi) is 5.44. The predicted molar refractivity (Wildman–Crippen MR) is 55.2 cm³/mol. The van der Waals surface area contributed by atoms with E-state index in [1.165, 1.54) is 13.2 Å². The van der Waals surface area contributed by atoms with Crippen LogP contribution in [0.2, 0.25) is 0 Å². The summed E-state index contributed by atoms with van der Waals surface area (Å²) in [5.74, 6) is -1.51. The predicted octanol–water partition coefficient (Wildman–Crippen LogP) is 0.762. The number of hydrogen-bond donors (Lipinski definition) is 2. The first-order valence-corrected chi connectivity index (χ1v) is 4.64. The Morgan fingerprint density at radius 3 is 2.27 bits per heavy atom. The second-order valence-corrected chi connectivity index (χ2v) is 3.55. The summed E-state index contributed by atoms with van der Waals surface area (Å²) in [6.07, 6.45) is 1.22. The molecule has 0 radical (unpaired) electrons. The first-order chi connectivity index (χ1) is 6.88. The second kappa shape index (κ2) is 6.06. The van der Waals surface area contributed by atoms with E-state index in [2.05, 4.69) is 10.1 Å². The monoisotopic (exact) mass is 215 g/mol. The molecule has 0 aliphatic rings. The number of carbonyl (C=O) groups excluding carboxylic acids is 1. The van der Waals surface area contributed by atoms with Gasteiger partial charge < -0.3 is 15.2 Å². The fourth-order valence-electron chi connectivity index (χ4n) is 1.04. The van der Waals surface area contributed by atoms with Crippen molar-refractivity contribution in [1.29, 1.82) is 0 Å². The Labute approximate surface area is 89.1 Å². The lowest BCUT2D eigenvalue weighted by molar-refractivity contribution is -0.140. The molecule has 0 rings (SSSR count). The summed E-state index contributed by atoms with van der Waals surface area (Å²) in [6, 6.07) is -0.703. The third kappa shape index (κ3) is 5.05. The van der Waals surface area contributed by atoms with Gasteiger partial charge in [0.2, 0.25) is 0 Å². The Balaban J connectivity index is 4.48. The van der Waals surface area contributed by atoms with Gasteiger partial charge in [0.25, 0.3) is 0 Å². The van der Waals surface area contributed by atoms with Crippen LogP contribution >= 0.6 is 0 Å². The summed E-state index contributed by atoms with van der Waals surface area (Å²) >= 11 is 0. The fourth-order valence-corrected chi connectivity index (χ4v) is 1.04. The number of carboxylic acids is 1. The minimum atomic E-state index is -0.942. The van der Waals surface area contributed by atoms with E-state index in [1.54, 1.807) is 20.8 Å². The molecule has 0 aliphatic carbocycles. The molecular weight excluding hydrogens is 198 g/mol. The number of methoxy groups -OCH3 is 1. The number of esters is 1. The van der Waals surface area contributed by atoms with Gasteiger partial charge in [-0.15, -0.1) is 0 Å². The Morgan fingerprint density at radius 2 is 1.93 bits per heavy atom. The minimum absolute atomic E-state index is 0.0662. The van der Waals surface area contributed by atoms with E-state index in [0.717, 1.165) is 0 Å². The van der Waals surface area contributed by atoms with E-state index in [1.807, 2.05) is 0 Å². The highest BCUT2D eigenvalue weighted by atomic mass is 16.5. The molecule has 0 heterocycles. The van der Waals surface area contributed by atoms with Gasteiger partial charge in [0.15, 0.2) is 0 Å². The molecule has 0 aromatic rings. The van der Waals surface area contributed by atoms with Crippen LogP contribution in [-0.2, 0) is 14.3 Å². The first kappa shape index (κ1) is 13.5. The van der Waals surface area contributed by atoms with Crippen LogP contribution in [0.25, 0.3) is 0 Å². The molecule has 0 spiro atoms. The van der Waals surface area contributed by atoms with Crippen LogP contribution in [0.15, 0.2) is 11.8 Å². The molecule has 0 amide bonds. The summed E-state index contributed by atoms with van der Waals surface area (Å²) < 4.78 is 4.42. The summed E-state index contributed by atoms with van der Waals surface area (Å²) in [5.41, 5.74) is 0.475. The van der Waals surface area contributed by atoms with Crippen LogP contribution in [0.5, 0.6) is 0 Å². The molecule has 0 aromatic heterocycles. The molecule has 15 heavy (non-hydrogen) atoms. The van der Waals surface area contributed by atoms with Crippen LogP contribution < -0.4 is 5.32 Å². The van der Waals surface area contributed by atoms with Gasteiger partial charge in [0, 0.05) is 11.8 Å². The van der Waals surface area contributed by atoms with Crippen molar-refractivity contribution in [2.45, 2.75) is 26.8 Å². The molecule has 0 saturated carbocycles. The van der Waals surface area contributed by atoms with Crippen molar-refractivity contribution in [3.8, 4) is 0 Å². The second-order valence-electron chi connectivity index (χ2n) is 3.55. The molecule has 0 aromatic carbocycles. The van der Waals surface area contributed by atoms with Gasteiger partial charge in [-0.25, -0.2) is 9.59 Å². The molecule has 0 fully saturated rings. The lowest BCUT2D eigenvalue weighted by atomic mass is 10.0. The van der Waals surface area contributed by atoms with Crippen LogP contribution in [-0.4, -0.2) is 30.2 Å². The molecule has 0 unspecified atom stereocenters. The van der Waals surface area contributed by atoms with Gasteiger partial charge in [-0.1, -0.05) is 13.8 Å². The quantitative estimate of drug-likeness (QED) is 0.523. The molecule has 0 aliphatic heterocycles. The minimum Gasteiger partial charge on any atom is -0.480 e. The Morgan fingerprint density at radius 1 is 1.40 bits per heavy atom. The maximum atomic E-state index is 10.9. The van der Waals surface area contributed by atoms with E-state index >= 15 is 0 Å². The van der Waals surface area contributed by atoms with Gasteiger partial charge in [-0.3, -0.25) is 0 Å². The number of carboxylic acid groups (broad SMARTS) is 1. The van der Waals surface area contributed by atoms with E-state index in [0.29, 0.717) is 5.70 Å². The van der Waals surface area contributed by atoms with Crippen LogP contribution in [0.4, 0.5) is 0 Å². The Bertz CT molecular complexity index is 271. The van der Waals surface area contributed by atoms with Gasteiger partial charge in [-0.2, -0.15) is 0 Å². The van der Waals surface area contributed by atoms with Crippen molar-refractivity contribution in [2.75, 3.05) is 7.11 Å². The smallest absolute Gasteiger partial charge is 0.332 e. The average Bonchev–Trinajstić information content (AvgIpc) is 2.12. The summed E-state index contributed by atoms with van der Waals surface area (Å²) in [7, 11) is 1.27. The normalized spacial score (nSPS) is 13.5. The summed E-state index contributed by atoms with van der Waals surface area (Å²) in [5, 5.41) is 11.6. The number of hydrogen-bond acceptors (Lipinski definition) is 4. The molecule has 5 nitrogen and oxygen atoms in total. The third-order valence-corrected chi connectivity index (χ3v) is 1.85. The fraction of sp³-hybridized carbons (Fsp3) is 0.600. The number of ether oxygens (including phenoxy) is 1. The van der Waals surface area contributed by atoms with Gasteiger partial charge in [-0.05, 0) is 12.8 Å². The largest absolute Gasteiger partial charge is 0.480 e.